The number of hydrogen-bond acceptors (Lipinski definition) is 1. The summed E-state index contributed by atoms with van der Waals surface area (Å²) in [5.41, 5.74) is 0.206. The molecule has 0 aliphatic heterocycles. The van der Waals surface area contributed by atoms with E-state index >= 15 is 0 Å². The molecular weight excluding hydrogens is 219 g/mol. The molecule has 1 fully saturated rings. The summed E-state index contributed by atoms with van der Waals surface area (Å²) in [7, 11) is 0. The van der Waals surface area contributed by atoms with Gasteiger partial charge in [-0.1, -0.05) is 23.7 Å². The van der Waals surface area contributed by atoms with Crippen LogP contribution in [0.1, 0.15) is 24.8 Å². The predicted molar refractivity (Wildman–Crippen MR) is 54.6 cm³/mol. The Morgan fingerprint density at radius 1 is 1.53 bits per heavy atom. The lowest BCUT2D eigenvalue weighted by molar-refractivity contribution is -0.137. The van der Waals surface area contributed by atoms with Crippen molar-refractivity contribution in [1.82, 2.24) is 0 Å². The average Bonchev–Trinajstić information content (AvgIpc) is 2.89. The molecule has 0 heterocycles. The molecule has 0 bridgehead atoms. The summed E-state index contributed by atoms with van der Waals surface area (Å²) in [6.07, 6.45) is 1.56. The SMILES string of the molecule is O=C(O)CC1(c2cccc(F)c2Cl)CC1. The molecule has 0 unspecified atom stereocenters. The van der Waals surface area contributed by atoms with Gasteiger partial charge in [0.1, 0.15) is 5.82 Å². The molecule has 15 heavy (non-hydrogen) atoms. The van der Waals surface area contributed by atoms with E-state index in [1.165, 1.54) is 6.07 Å². The average molecular weight is 229 g/mol. The van der Waals surface area contributed by atoms with Gasteiger partial charge in [0.15, 0.2) is 0 Å². The van der Waals surface area contributed by atoms with Gasteiger partial charge in [0.05, 0.1) is 11.4 Å². The van der Waals surface area contributed by atoms with Crippen molar-refractivity contribution in [1.29, 1.82) is 0 Å². The fraction of sp³-hybridized carbons (Fsp3) is 0.364. The van der Waals surface area contributed by atoms with Gasteiger partial charge < -0.3 is 5.11 Å². The van der Waals surface area contributed by atoms with Crippen LogP contribution in [0.2, 0.25) is 5.02 Å². The zero-order valence-electron chi connectivity index (χ0n) is 7.96. The molecular formula is C11H10ClFO2. The summed E-state index contributed by atoms with van der Waals surface area (Å²) in [5, 5.41) is 8.84. The zero-order chi connectivity index (χ0) is 11.1. The Kier molecular flexibility index (Phi) is 2.43. The van der Waals surface area contributed by atoms with Gasteiger partial charge in [-0.2, -0.15) is 0 Å². The van der Waals surface area contributed by atoms with Gasteiger partial charge in [0.25, 0.3) is 0 Å². The van der Waals surface area contributed by atoms with E-state index in [0.717, 1.165) is 12.8 Å². The summed E-state index contributed by atoms with van der Waals surface area (Å²) < 4.78 is 13.2. The van der Waals surface area contributed by atoms with Crippen molar-refractivity contribution < 1.29 is 14.3 Å². The van der Waals surface area contributed by atoms with E-state index in [9.17, 15) is 9.18 Å². The lowest BCUT2D eigenvalue weighted by Crippen LogP contribution is -2.13. The standard InChI is InChI=1S/C11H10ClFO2/c12-10-7(2-1-3-8(10)13)11(4-5-11)6-9(14)15/h1-3H,4-6H2,(H,14,15). The Bertz CT molecular complexity index is 413. The molecule has 2 nitrogen and oxygen atoms in total. The first kappa shape index (κ1) is 10.4. The van der Waals surface area contributed by atoms with Crippen LogP contribution in [0.3, 0.4) is 0 Å². The lowest BCUT2D eigenvalue weighted by Gasteiger charge is -2.14. The Hall–Kier alpha value is -1.09. The minimum atomic E-state index is -0.868. The van der Waals surface area contributed by atoms with Crippen molar-refractivity contribution in [3.63, 3.8) is 0 Å². The highest BCUT2D eigenvalue weighted by Gasteiger charge is 2.47. The van der Waals surface area contributed by atoms with Crippen molar-refractivity contribution in [2.45, 2.75) is 24.7 Å². The molecule has 2 rings (SSSR count). The number of benzene rings is 1. The molecule has 0 atom stereocenters. The van der Waals surface area contributed by atoms with Crippen molar-refractivity contribution in [3.8, 4) is 0 Å². The second kappa shape index (κ2) is 3.49. The van der Waals surface area contributed by atoms with E-state index < -0.39 is 17.2 Å². The van der Waals surface area contributed by atoms with Gasteiger partial charge in [-0.25, -0.2) is 4.39 Å². The minimum absolute atomic E-state index is 0.0240. The van der Waals surface area contributed by atoms with Crippen molar-refractivity contribution >= 4 is 17.6 Å². The molecule has 0 spiro atoms. The number of carboxylic acids is 1. The fourth-order valence-corrected chi connectivity index (χ4v) is 2.22. The van der Waals surface area contributed by atoms with E-state index in [4.69, 9.17) is 16.7 Å². The maximum atomic E-state index is 13.2. The van der Waals surface area contributed by atoms with E-state index in [1.54, 1.807) is 12.1 Å². The molecule has 0 radical (unpaired) electrons. The Balaban J connectivity index is 2.37. The van der Waals surface area contributed by atoms with Gasteiger partial charge in [0, 0.05) is 5.41 Å². The van der Waals surface area contributed by atoms with E-state index in [1.807, 2.05) is 0 Å². The van der Waals surface area contributed by atoms with Crippen LogP contribution in [-0.2, 0) is 10.2 Å². The summed E-state index contributed by atoms with van der Waals surface area (Å²) in [5.74, 6) is -1.35. The highest BCUT2D eigenvalue weighted by Crippen LogP contribution is 2.53. The number of hydrogen-bond donors (Lipinski definition) is 1. The highest BCUT2D eigenvalue weighted by atomic mass is 35.5. The molecule has 0 aromatic heterocycles. The summed E-state index contributed by atoms with van der Waals surface area (Å²) in [6.45, 7) is 0. The van der Waals surface area contributed by atoms with Crippen LogP contribution in [0.5, 0.6) is 0 Å². The molecule has 0 amide bonds. The number of carboxylic acid groups (broad SMARTS) is 1. The van der Waals surface area contributed by atoms with Gasteiger partial charge >= 0.3 is 5.97 Å². The first-order chi connectivity index (χ1) is 7.05. The number of aliphatic carboxylic acids is 1. The molecule has 1 aromatic carbocycles. The number of halogens is 2. The molecule has 1 aliphatic rings. The second-order valence-electron chi connectivity index (χ2n) is 3.95. The first-order valence-electron chi connectivity index (χ1n) is 4.71. The fourth-order valence-electron chi connectivity index (χ4n) is 1.90. The smallest absolute Gasteiger partial charge is 0.304 e. The summed E-state index contributed by atoms with van der Waals surface area (Å²) in [4.78, 5) is 10.7. The van der Waals surface area contributed by atoms with E-state index in [2.05, 4.69) is 0 Å². The third-order valence-electron chi connectivity index (χ3n) is 2.87. The predicted octanol–water partition coefficient (Wildman–Crippen LogP) is 2.99. The third kappa shape index (κ3) is 1.84. The van der Waals surface area contributed by atoms with Gasteiger partial charge in [-0.05, 0) is 24.5 Å². The largest absolute Gasteiger partial charge is 0.481 e. The Labute approximate surface area is 91.7 Å². The van der Waals surface area contributed by atoms with Crippen LogP contribution in [0.25, 0.3) is 0 Å². The normalized spacial score (nSPS) is 17.5. The van der Waals surface area contributed by atoms with Gasteiger partial charge in [-0.15, -0.1) is 0 Å². The number of carbonyl (C=O) groups is 1. The maximum absolute atomic E-state index is 13.2. The second-order valence-corrected chi connectivity index (χ2v) is 4.33. The van der Waals surface area contributed by atoms with Crippen molar-refractivity contribution in [3.05, 3.63) is 34.6 Å². The van der Waals surface area contributed by atoms with Crippen LogP contribution >= 0.6 is 11.6 Å². The molecule has 4 heteroatoms. The highest BCUT2D eigenvalue weighted by molar-refractivity contribution is 6.31. The number of rotatable bonds is 3. The molecule has 1 aliphatic carbocycles. The minimum Gasteiger partial charge on any atom is -0.481 e. The third-order valence-corrected chi connectivity index (χ3v) is 3.25. The zero-order valence-corrected chi connectivity index (χ0v) is 8.72. The quantitative estimate of drug-likeness (QED) is 0.864. The Morgan fingerprint density at radius 3 is 2.73 bits per heavy atom. The lowest BCUT2D eigenvalue weighted by atomic mass is 9.92. The first-order valence-corrected chi connectivity index (χ1v) is 5.09. The van der Waals surface area contributed by atoms with Crippen LogP contribution in [0.15, 0.2) is 18.2 Å². The molecule has 0 saturated heterocycles. The summed E-state index contributed by atoms with van der Waals surface area (Å²) in [6, 6.07) is 4.56. The molecule has 1 saturated carbocycles. The maximum Gasteiger partial charge on any atom is 0.304 e. The van der Waals surface area contributed by atoms with Crippen LogP contribution < -0.4 is 0 Å². The van der Waals surface area contributed by atoms with Crippen LogP contribution in [0, 0.1) is 5.82 Å². The molecule has 1 aromatic rings. The monoisotopic (exact) mass is 228 g/mol. The van der Waals surface area contributed by atoms with Gasteiger partial charge in [0.2, 0.25) is 0 Å². The Morgan fingerprint density at radius 2 is 2.20 bits per heavy atom. The van der Waals surface area contributed by atoms with Crippen molar-refractivity contribution in [2.75, 3.05) is 0 Å². The van der Waals surface area contributed by atoms with Crippen LogP contribution in [-0.4, -0.2) is 11.1 Å². The van der Waals surface area contributed by atoms with Gasteiger partial charge in [-0.3, -0.25) is 4.79 Å². The molecule has 80 valence electrons. The van der Waals surface area contributed by atoms with Crippen LogP contribution in [0.4, 0.5) is 4.39 Å². The van der Waals surface area contributed by atoms with Crippen molar-refractivity contribution in [2.24, 2.45) is 0 Å². The molecule has 1 N–H and O–H groups in total. The van der Waals surface area contributed by atoms with E-state index in [0.29, 0.717) is 5.56 Å². The topological polar surface area (TPSA) is 37.3 Å². The summed E-state index contributed by atoms with van der Waals surface area (Å²) >= 11 is 5.83. The van der Waals surface area contributed by atoms with E-state index in [-0.39, 0.29) is 11.4 Å².